The number of carbonyl (C=O) groups excluding carboxylic acids is 10. The van der Waals surface area contributed by atoms with Crippen molar-refractivity contribution in [1.29, 1.82) is 0 Å². The van der Waals surface area contributed by atoms with E-state index in [1.54, 1.807) is 0 Å². The van der Waals surface area contributed by atoms with Crippen LogP contribution in [-0.4, -0.2) is 237 Å². The third-order valence-corrected chi connectivity index (χ3v) is 17.5. The average molecular weight is 1710 g/mol. The molecule has 1 aliphatic carbocycles. The number of aliphatic hydroxyl groups is 2. The molecule has 9 atom stereocenters. The van der Waals surface area contributed by atoms with Gasteiger partial charge in [-0.05, 0) is 116 Å². The largest absolute Gasteiger partial charge is 0.504 e. The topological polar surface area (TPSA) is 787 Å². The smallest absolute Gasteiger partial charge is 0.345 e. The molecule has 1 saturated heterocycles. The highest BCUT2D eigenvalue weighted by Crippen LogP contribution is 2.47. The summed E-state index contributed by atoms with van der Waals surface area (Å²) < 4.78 is 54.7. The Labute approximate surface area is 672 Å². The van der Waals surface area contributed by atoms with E-state index in [4.69, 9.17) is 57.1 Å². The Morgan fingerprint density at radius 2 is 0.475 bits per heavy atom. The molecule has 9 aromatic carbocycles. The monoisotopic (exact) mass is 1710 g/mol. The number of phenols is 23. The number of esters is 9. The van der Waals surface area contributed by atoms with Gasteiger partial charge in [0.05, 0.1) is 62.1 Å². The highest BCUT2D eigenvalue weighted by atomic mass is 17.2. The molecule has 47 heteroatoms. The Morgan fingerprint density at radius 1 is 0.254 bits per heavy atom. The van der Waals surface area contributed by atoms with Crippen molar-refractivity contribution in [2.75, 3.05) is 0 Å². The lowest BCUT2D eigenvalue weighted by Gasteiger charge is -2.43. The van der Waals surface area contributed by atoms with Gasteiger partial charge in [0.2, 0.25) is 41.7 Å². The van der Waals surface area contributed by atoms with Crippen molar-refractivity contribution < 1.29 is 233 Å². The fraction of sp³-hybridized carbons (Fsp3) is 0.147. The first-order valence-electron chi connectivity index (χ1n) is 33.7. The molecule has 638 valence electrons. The maximum Gasteiger partial charge on any atom is 0.345 e. The van der Waals surface area contributed by atoms with Gasteiger partial charge in [-0.1, -0.05) is 0 Å². The Morgan fingerprint density at radius 3 is 0.754 bits per heavy atom. The minimum Gasteiger partial charge on any atom is -0.504 e. The molecule has 0 aromatic heterocycles. The molecule has 0 amide bonds. The van der Waals surface area contributed by atoms with Crippen LogP contribution in [-0.2, 0) is 43.0 Å². The summed E-state index contributed by atoms with van der Waals surface area (Å²) in [5, 5.41) is 262. The molecule has 11 rings (SSSR count). The zero-order chi connectivity index (χ0) is 89.4. The van der Waals surface area contributed by atoms with Crippen molar-refractivity contribution in [2.45, 2.75) is 62.0 Å². The molecule has 4 unspecified atom stereocenters. The quantitative estimate of drug-likeness (QED) is 0.0123. The van der Waals surface area contributed by atoms with Crippen molar-refractivity contribution in [1.82, 2.24) is 0 Å². The van der Waals surface area contributed by atoms with Crippen LogP contribution < -0.4 is 18.9 Å². The predicted octanol–water partition coefficient (Wildman–Crippen LogP) is 3.14. The lowest BCUT2D eigenvalue weighted by Crippen LogP contribution is -2.63. The van der Waals surface area contributed by atoms with Crippen LogP contribution in [0.3, 0.4) is 0 Å². The molecule has 25 N–H and O–H groups in total. The Kier molecular flexibility index (Phi) is 23.9. The Hall–Kier alpha value is -17.1. The van der Waals surface area contributed by atoms with E-state index in [-0.39, 0.29) is 12.1 Å². The summed E-state index contributed by atoms with van der Waals surface area (Å²) in [5.74, 6) is -54.2. The van der Waals surface area contributed by atoms with Crippen molar-refractivity contribution in [3.8, 4) is 155 Å². The zero-order valence-electron chi connectivity index (χ0n) is 60.2. The van der Waals surface area contributed by atoms with E-state index in [0.717, 1.165) is 0 Å². The maximum absolute atomic E-state index is 15.2. The molecule has 0 radical (unpaired) electrons. The molecule has 1 heterocycles. The third-order valence-electron chi connectivity index (χ3n) is 17.5. The summed E-state index contributed by atoms with van der Waals surface area (Å²) in [6.07, 6.45) is -24.0. The molecular formula is C75H56O47. The molecule has 0 bridgehead atoms. The first-order valence-corrected chi connectivity index (χ1v) is 33.7. The van der Waals surface area contributed by atoms with E-state index in [1.807, 2.05) is 0 Å². The van der Waals surface area contributed by atoms with Crippen LogP contribution in [0.4, 0.5) is 0 Å². The Balaban J connectivity index is 1.07. The van der Waals surface area contributed by atoms with Gasteiger partial charge in [0.15, 0.2) is 144 Å². The van der Waals surface area contributed by atoms with E-state index >= 15 is 14.4 Å². The number of benzene rings is 9. The van der Waals surface area contributed by atoms with Crippen LogP contribution >= 0.6 is 0 Å². The van der Waals surface area contributed by atoms with E-state index in [9.17, 15) is 161 Å². The molecule has 9 aromatic rings. The number of ether oxygens (including phenoxy) is 10. The average Bonchev–Trinajstić information content (AvgIpc) is 0.763. The van der Waals surface area contributed by atoms with Gasteiger partial charge < -0.3 is 175 Å². The molecule has 2 fully saturated rings. The van der Waals surface area contributed by atoms with Gasteiger partial charge in [-0.2, -0.15) is 0 Å². The van der Waals surface area contributed by atoms with Gasteiger partial charge in [-0.25, -0.2) is 47.9 Å². The van der Waals surface area contributed by atoms with E-state index in [2.05, 4.69) is 0 Å². The second-order valence-corrected chi connectivity index (χ2v) is 25.8. The highest BCUT2D eigenvalue weighted by molar-refractivity contribution is 5.99. The van der Waals surface area contributed by atoms with Crippen molar-refractivity contribution >= 4 is 59.7 Å². The highest BCUT2D eigenvalue weighted by Gasteiger charge is 2.57. The summed E-state index contributed by atoms with van der Waals surface area (Å²) in [6, 6.07) is 7.63. The van der Waals surface area contributed by atoms with Gasteiger partial charge in [0, 0.05) is 6.42 Å². The normalized spacial score (nSPS) is 17.9. The standard InChI is InChI=1S/C75H56O47/c76-31-1-21(2-32(77)51(31)91)64(101)111-46-16-26(11-41(86)56(46)96)69(106)116-61-62(117-70(107)27-12-42(87)57(97)47(17-27)112-65(102)22-3-33(78)52(92)34(79)4-22)74(119-72(109)29-14-44(89)59(99)49(19-29)114-67(104)24-7-37(82)54(94)38(83)8-24)120-75(122-121-73(110)30-15-45(90)60(100)50(20-30)115-68(105)25-9-39(84)55(95)40(85)10-25)63(61)118-71(108)28-13-43(88)58(98)48(18-28)113-66(103)23-5-35(80)53(93)36(81)6-23/h1-14,16-19,30,45,50,60-63,74-100H,15,20H2/t30?,45?,50?,60?,61-,62-,63+,74-,75-/m1/s1. The number of hydrogen-bond donors (Lipinski definition) is 25. The summed E-state index contributed by atoms with van der Waals surface area (Å²) >= 11 is 0. The molecule has 47 nitrogen and oxygen atoms in total. The second-order valence-electron chi connectivity index (χ2n) is 25.8. The fourth-order valence-corrected chi connectivity index (χ4v) is 11.4. The van der Waals surface area contributed by atoms with Crippen LogP contribution in [0.15, 0.2) is 109 Å². The van der Waals surface area contributed by atoms with Crippen molar-refractivity contribution in [3.63, 3.8) is 0 Å². The van der Waals surface area contributed by atoms with Crippen LogP contribution in [0.25, 0.3) is 0 Å². The Bertz CT molecular complexity index is 5720. The SMILES string of the molecule is O=C(Oc1cc(C(=O)O[C@@H]2O[C@H](OOC(=O)C3CC(O)C(O)C(OC(=O)c4cc(O)c(O)c(O)c4)C3)[C@@H](OC(=O)c3cc(O)c(O)c(OC(=O)c4cc(O)c(O)c(O)c4)c3)[C@H](OC(=O)c3cc(O)c(O)c(OC(=O)c4cc(O)c(O)c(O)c4)c3)[C@H]2OC(=O)c2cc(O)c(O)c(OC(=O)c3cc(O)c(O)c(O)c3)c2)cc(O)c1O)c1cc(O)c(O)c(O)c1. The molecule has 0 spiro atoms. The van der Waals surface area contributed by atoms with Gasteiger partial charge in [-0.3, -0.25) is 4.89 Å². The third kappa shape index (κ3) is 18.0. The summed E-state index contributed by atoms with van der Waals surface area (Å²) in [5.41, 5.74) is -8.93. The maximum atomic E-state index is 15.2. The fourth-order valence-electron chi connectivity index (χ4n) is 11.4. The van der Waals surface area contributed by atoms with Gasteiger partial charge >= 0.3 is 59.7 Å². The van der Waals surface area contributed by atoms with Gasteiger partial charge in [0.25, 0.3) is 0 Å². The second kappa shape index (κ2) is 34.0. The lowest BCUT2D eigenvalue weighted by molar-refractivity contribution is -0.421. The van der Waals surface area contributed by atoms with E-state index < -0.39 is 333 Å². The summed E-state index contributed by atoms with van der Waals surface area (Å²) in [6.45, 7) is 0. The number of carbonyl (C=O) groups is 10. The van der Waals surface area contributed by atoms with Crippen LogP contribution in [0.1, 0.15) is 106 Å². The molecule has 2 aliphatic rings. The summed E-state index contributed by atoms with van der Waals surface area (Å²) in [7, 11) is 0. The van der Waals surface area contributed by atoms with Crippen LogP contribution in [0.5, 0.6) is 155 Å². The van der Waals surface area contributed by atoms with E-state index in [1.165, 1.54) is 0 Å². The van der Waals surface area contributed by atoms with Crippen LogP contribution in [0.2, 0.25) is 0 Å². The van der Waals surface area contributed by atoms with Gasteiger partial charge in [0.1, 0.15) is 12.2 Å². The first kappa shape index (κ1) is 85.8. The number of aromatic hydroxyl groups is 23. The zero-order valence-corrected chi connectivity index (χ0v) is 60.2. The minimum absolute atomic E-state index is 0.279. The van der Waals surface area contributed by atoms with Gasteiger partial charge in [-0.15, -0.1) is 4.89 Å². The number of phenolic OH excluding ortho intramolecular Hbond substituents is 23. The number of aliphatic hydroxyl groups excluding tert-OH is 2. The lowest BCUT2D eigenvalue weighted by atomic mass is 9.83. The molecule has 122 heavy (non-hydrogen) atoms. The first-order chi connectivity index (χ1) is 57.4. The predicted molar refractivity (Wildman–Crippen MR) is 379 cm³/mol. The minimum atomic E-state index is -3.21. The molecule has 1 aliphatic heterocycles. The van der Waals surface area contributed by atoms with E-state index in [0.29, 0.717) is 97.1 Å². The van der Waals surface area contributed by atoms with Crippen molar-refractivity contribution in [3.05, 3.63) is 159 Å². The molecule has 1 saturated carbocycles. The number of rotatable bonds is 21. The van der Waals surface area contributed by atoms with Crippen LogP contribution in [0, 0.1) is 5.92 Å². The van der Waals surface area contributed by atoms with Crippen molar-refractivity contribution in [2.24, 2.45) is 5.92 Å². The number of hydrogen-bond acceptors (Lipinski definition) is 47. The summed E-state index contributed by atoms with van der Waals surface area (Å²) in [4.78, 5) is 153. The molecular weight excluding hydrogens is 1650 g/mol.